The van der Waals surface area contributed by atoms with Gasteiger partial charge in [-0.25, -0.2) is 4.63 Å². The van der Waals surface area contributed by atoms with Crippen molar-refractivity contribution in [2.24, 2.45) is 0 Å². The van der Waals surface area contributed by atoms with Crippen LogP contribution in [0.15, 0.2) is 10.7 Å². The number of nitrogens with zero attached hydrogens (tertiary/aromatic N) is 4. The largest absolute Gasteiger partial charge is 0.476 e. The van der Waals surface area contributed by atoms with Crippen LogP contribution in [0.25, 0.3) is 0 Å². The first-order valence-electron chi connectivity index (χ1n) is 4.82. The Labute approximate surface area is 92.4 Å². The summed E-state index contributed by atoms with van der Waals surface area (Å²) in [5, 5.41) is 14.6. The fourth-order valence-corrected chi connectivity index (χ4v) is 1.41. The van der Waals surface area contributed by atoms with E-state index >= 15 is 0 Å². The van der Waals surface area contributed by atoms with Gasteiger partial charge in [0.1, 0.15) is 6.67 Å². The number of ether oxygens (including phenoxy) is 1. The van der Waals surface area contributed by atoms with Gasteiger partial charge in [-0.1, -0.05) is 0 Å². The molecule has 0 aliphatic carbocycles. The van der Waals surface area contributed by atoms with E-state index in [2.05, 4.69) is 25.4 Å². The van der Waals surface area contributed by atoms with Gasteiger partial charge in [0.2, 0.25) is 5.82 Å². The molecule has 7 nitrogen and oxygen atoms in total. The lowest BCUT2D eigenvalue weighted by Crippen LogP contribution is -2.11. The number of rotatable bonds is 4. The minimum atomic E-state index is 0.335. The van der Waals surface area contributed by atoms with Gasteiger partial charge in [0.05, 0.1) is 12.8 Å². The van der Waals surface area contributed by atoms with E-state index in [9.17, 15) is 0 Å². The second kappa shape index (κ2) is 4.21. The summed E-state index contributed by atoms with van der Waals surface area (Å²) in [5.74, 6) is 0.802. The van der Waals surface area contributed by atoms with Crippen molar-refractivity contribution in [1.29, 1.82) is 0 Å². The van der Waals surface area contributed by atoms with Crippen molar-refractivity contribution in [1.82, 2.24) is 20.1 Å². The molecule has 2 rings (SSSR count). The fourth-order valence-electron chi connectivity index (χ4n) is 1.41. The van der Waals surface area contributed by atoms with E-state index in [0.717, 1.165) is 11.4 Å². The molecule has 0 saturated heterocycles. The molecule has 0 aliphatic rings. The first-order chi connectivity index (χ1) is 7.70. The summed E-state index contributed by atoms with van der Waals surface area (Å²) in [6.45, 7) is 4.42. The van der Waals surface area contributed by atoms with Gasteiger partial charge >= 0.3 is 0 Å². The maximum Gasteiger partial charge on any atom is 0.300 e. The quantitative estimate of drug-likeness (QED) is 0.831. The van der Waals surface area contributed by atoms with Crippen LogP contribution in [0, 0.1) is 13.8 Å². The zero-order valence-electron chi connectivity index (χ0n) is 9.39. The fraction of sp³-hybridized carbons (Fsp3) is 0.444. The van der Waals surface area contributed by atoms with E-state index in [0.29, 0.717) is 18.4 Å². The van der Waals surface area contributed by atoms with Crippen LogP contribution in [0.4, 0.5) is 5.82 Å². The van der Waals surface area contributed by atoms with Crippen LogP contribution in [0.5, 0.6) is 5.88 Å². The van der Waals surface area contributed by atoms with Gasteiger partial charge < -0.3 is 10.1 Å². The summed E-state index contributed by atoms with van der Waals surface area (Å²) in [6.07, 6.45) is 0. The lowest BCUT2D eigenvalue weighted by Gasteiger charge is -2.05. The van der Waals surface area contributed by atoms with Gasteiger partial charge in [0.25, 0.3) is 5.88 Å². The summed E-state index contributed by atoms with van der Waals surface area (Å²) in [6, 6.07) is 2.00. The van der Waals surface area contributed by atoms with Crippen LogP contribution in [0.3, 0.4) is 0 Å². The molecule has 1 N–H and O–H groups in total. The maximum absolute atomic E-state index is 4.95. The molecule has 0 aromatic carbocycles. The van der Waals surface area contributed by atoms with E-state index in [1.54, 1.807) is 0 Å². The highest BCUT2D eigenvalue weighted by Crippen LogP contribution is 2.17. The second-order valence-corrected chi connectivity index (χ2v) is 3.38. The van der Waals surface area contributed by atoms with Crippen LogP contribution in [-0.2, 0) is 6.67 Å². The molecule has 0 unspecified atom stereocenters. The van der Waals surface area contributed by atoms with E-state index < -0.39 is 0 Å². The molecule has 0 radical (unpaired) electrons. The minimum Gasteiger partial charge on any atom is -0.476 e. The molecule has 0 fully saturated rings. The Morgan fingerprint density at radius 1 is 1.44 bits per heavy atom. The Bertz CT molecular complexity index is 476. The molecule has 0 aliphatic heterocycles. The van der Waals surface area contributed by atoms with E-state index in [-0.39, 0.29) is 0 Å². The number of hydrogen-bond acceptors (Lipinski definition) is 6. The van der Waals surface area contributed by atoms with Gasteiger partial charge in [-0.2, -0.15) is 5.10 Å². The smallest absolute Gasteiger partial charge is 0.300 e. The summed E-state index contributed by atoms with van der Waals surface area (Å²) < 4.78 is 11.3. The third kappa shape index (κ3) is 1.97. The van der Waals surface area contributed by atoms with E-state index in [1.807, 2.05) is 24.6 Å². The monoisotopic (exact) mass is 223 g/mol. The normalized spacial score (nSPS) is 10.4. The molecule has 0 bridgehead atoms. The van der Waals surface area contributed by atoms with Crippen LogP contribution >= 0.6 is 0 Å². The summed E-state index contributed by atoms with van der Waals surface area (Å²) in [7, 11) is 1.51. The number of aromatic nitrogens is 4. The zero-order chi connectivity index (χ0) is 11.5. The van der Waals surface area contributed by atoms with Crippen molar-refractivity contribution in [3.63, 3.8) is 0 Å². The van der Waals surface area contributed by atoms with Crippen LogP contribution in [0.2, 0.25) is 0 Å². The van der Waals surface area contributed by atoms with Gasteiger partial charge in [-0.05, 0) is 30.2 Å². The Kier molecular flexibility index (Phi) is 2.76. The number of nitrogens with one attached hydrogen (secondary N) is 1. The molecule has 2 heterocycles. The first-order valence-corrected chi connectivity index (χ1v) is 4.82. The highest BCUT2D eigenvalue weighted by Gasteiger charge is 2.09. The Balaban J connectivity index is 2.05. The molecule has 7 heteroatoms. The molecule has 0 saturated carbocycles. The highest BCUT2D eigenvalue weighted by molar-refractivity contribution is 5.42. The second-order valence-electron chi connectivity index (χ2n) is 3.38. The third-order valence-electron chi connectivity index (χ3n) is 2.15. The molecular formula is C9H13N5O2. The Hall–Kier alpha value is -2.05. The SMILES string of the molecule is COc1nonc1NCn1nc(C)cc1C. The average Bonchev–Trinajstić information content (AvgIpc) is 2.81. The predicted molar refractivity (Wildman–Crippen MR) is 56.2 cm³/mol. The predicted octanol–water partition coefficient (Wildman–Crippen LogP) is 0.961. The van der Waals surface area contributed by atoms with Crippen molar-refractivity contribution in [2.75, 3.05) is 12.4 Å². The summed E-state index contributed by atoms with van der Waals surface area (Å²) >= 11 is 0. The topological polar surface area (TPSA) is 78.0 Å². The van der Waals surface area contributed by atoms with Crippen molar-refractivity contribution < 1.29 is 9.37 Å². The molecule has 0 amide bonds. The van der Waals surface area contributed by atoms with Crippen molar-refractivity contribution in [2.45, 2.75) is 20.5 Å². The van der Waals surface area contributed by atoms with Crippen LogP contribution < -0.4 is 10.1 Å². The van der Waals surface area contributed by atoms with Crippen LogP contribution in [0.1, 0.15) is 11.4 Å². The molecule has 0 spiro atoms. The molecule has 86 valence electrons. The van der Waals surface area contributed by atoms with Gasteiger partial charge in [-0.3, -0.25) is 4.68 Å². The number of aryl methyl sites for hydroxylation is 2. The first kappa shape index (κ1) is 10.5. The Morgan fingerprint density at radius 3 is 2.88 bits per heavy atom. The standard InChI is InChI=1S/C9H13N5O2/c1-6-4-7(2)14(11-6)5-10-8-9(15-3)13-16-12-8/h4H,5H2,1-3H3,(H,10,12). The molecule has 0 atom stereocenters. The third-order valence-corrected chi connectivity index (χ3v) is 2.15. The zero-order valence-corrected chi connectivity index (χ0v) is 9.39. The lowest BCUT2D eigenvalue weighted by atomic mass is 10.4. The van der Waals surface area contributed by atoms with Crippen molar-refractivity contribution in [3.8, 4) is 5.88 Å². The maximum atomic E-state index is 4.95. The summed E-state index contributed by atoms with van der Waals surface area (Å²) in [4.78, 5) is 0. The Morgan fingerprint density at radius 2 is 2.25 bits per heavy atom. The lowest BCUT2D eigenvalue weighted by molar-refractivity contribution is 0.282. The van der Waals surface area contributed by atoms with E-state index in [4.69, 9.17) is 4.74 Å². The summed E-state index contributed by atoms with van der Waals surface area (Å²) in [5.41, 5.74) is 2.05. The molecular weight excluding hydrogens is 210 g/mol. The van der Waals surface area contributed by atoms with Crippen molar-refractivity contribution >= 4 is 5.82 Å². The average molecular weight is 223 g/mol. The van der Waals surface area contributed by atoms with Crippen LogP contribution in [-0.4, -0.2) is 27.2 Å². The highest BCUT2D eigenvalue weighted by atomic mass is 16.6. The van der Waals surface area contributed by atoms with Gasteiger partial charge in [0, 0.05) is 5.69 Å². The number of anilines is 1. The van der Waals surface area contributed by atoms with Gasteiger partial charge in [-0.15, -0.1) is 0 Å². The van der Waals surface area contributed by atoms with Crippen molar-refractivity contribution in [3.05, 3.63) is 17.5 Å². The van der Waals surface area contributed by atoms with Gasteiger partial charge in [0.15, 0.2) is 0 Å². The molecule has 2 aromatic rings. The minimum absolute atomic E-state index is 0.335. The molecule has 16 heavy (non-hydrogen) atoms. The van der Waals surface area contributed by atoms with E-state index in [1.165, 1.54) is 7.11 Å². The number of methoxy groups -OCH3 is 1. The number of hydrogen-bond donors (Lipinski definition) is 1. The molecule has 2 aromatic heterocycles.